The molecule has 1 aromatic heterocycles. The van der Waals surface area contributed by atoms with E-state index >= 15 is 0 Å². The molecule has 3 aromatic carbocycles. The van der Waals surface area contributed by atoms with E-state index in [0.29, 0.717) is 49.9 Å². The van der Waals surface area contributed by atoms with Gasteiger partial charge in [0.1, 0.15) is 23.9 Å². The lowest BCUT2D eigenvalue weighted by Gasteiger charge is -2.40. The number of ketones is 1. The zero-order chi connectivity index (χ0) is 40.8. The fourth-order valence-electron chi connectivity index (χ4n) is 5.58. The Morgan fingerprint density at radius 2 is 1.40 bits per heavy atom. The van der Waals surface area contributed by atoms with E-state index < -0.39 is 38.0 Å². The molecule has 300 valence electrons. The van der Waals surface area contributed by atoms with Gasteiger partial charge in [-0.3, -0.25) is 9.69 Å². The van der Waals surface area contributed by atoms with Crippen LogP contribution in [0, 0.1) is 0 Å². The fraction of sp³-hybridized carbons (Fsp3) is 0.475. The zero-order valence-corrected chi connectivity index (χ0v) is 36.9. The molecule has 0 spiro atoms. The van der Waals surface area contributed by atoms with Crippen LogP contribution in [0.25, 0.3) is 20.5 Å². The summed E-state index contributed by atoms with van der Waals surface area (Å²) in [4.78, 5) is 17.5. The molecule has 0 amide bonds. The van der Waals surface area contributed by atoms with Crippen molar-refractivity contribution in [3.63, 3.8) is 0 Å². The van der Waals surface area contributed by atoms with Gasteiger partial charge >= 0.3 is 15.6 Å². The molecule has 0 radical (unpaired) electrons. The highest BCUT2D eigenvalue weighted by Gasteiger charge is 2.49. The number of hydrogen-bond donors (Lipinski definition) is 0. The lowest BCUT2D eigenvalue weighted by atomic mass is 9.97. The molecule has 15 heteroatoms. The van der Waals surface area contributed by atoms with Gasteiger partial charge in [-0.05, 0) is 117 Å². The topological polar surface area (TPSA) is 91.4 Å². The summed E-state index contributed by atoms with van der Waals surface area (Å²) < 4.78 is 88.6. The Hall–Kier alpha value is -3.38. The zero-order valence-electron chi connectivity index (χ0n) is 33.3. The van der Waals surface area contributed by atoms with Crippen LogP contribution in [-0.4, -0.2) is 67.5 Å². The molecule has 0 atom stereocenters. The average molecular weight is 836 g/mol. The number of fused-ring (bicyclic) bond motifs is 1. The Bertz CT molecular complexity index is 2130. The molecule has 8 nitrogen and oxygen atoms in total. The molecule has 4 aromatic rings. The number of likely N-dealkylation sites (tertiary alicyclic amines) is 1. The van der Waals surface area contributed by atoms with Gasteiger partial charge in [0, 0.05) is 33.3 Å². The SMILES string of the molecule is CC(C)(C)[Si](C)(C)Oc1cccc(-c2sc3cc(OS(=O)(=O)C(F)(F)F)ccc3c2C(=O)c2ccc(OCCN3CCCC3)cc2)c1O[Si](C)(C)C(C)(C)C. The number of thiophene rings is 1. The van der Waals surface area contributed by atoms with Crippen molar-refractivity contribution >= 4 is 54.0 Å². The van der Waals surface area contributed by atoms with E-state index in [2.05, 4.69) is 76.8 Å². The molecule has 1 aliphatic rings. The van der Waals surface area contributed by atoms with Crippen molar-refractivity contribution in [3.05, 3.63) is 71.8 Å². The van der Waals surface area contributed by atoms with Gasteiger partial charge in [0.2, 0.25) is 0 Å². The first kappa shape index (κ1) is 42.8. The monoisotopic (exact) mass is 835 g/mol. The van der Waals surface area contributed by atoms with Crippen molar-refractivity contribution in [2.45, 2.75) is 96.2 Å². The largest absolute Gasteiger partial charge is 0.541 e. The first-order chi connectivity index (χ1) is 25.3. The first-order valence-electron chi connectivity index (χ1n) is 18.4. The number of para-hydroxylation sites is 1. The Kier molecular flexibility index (Phi) is 12.1. The van der Waals surface area contributed by atoms with Gasteiger partial charge in [0.25, 0.3) is 16.6 Å². The first-order valence-corrected chi connectivity index (χ1v) is 26.4. The van der Waals surface area contributed by atoms with Crippen LogP contribution < -0.4 is 17.8 Å². The predicted molar refractivity (Wildman–Crippen MR) is 220 cm³/mol. The van der Waals surface area contributed by atoms with Crippen molar-refractivity contribution in [2.75, 3.05) is 26.2 Å². The molecule has 5 rings (SSSR count). The van der Waals surface area contributed by atoms with E-state index in [4.69, 9.17) is 13.6 Å². The van der Waals surface area contributed by atoms with E-state index in [1.165, 1.54) is 25.0 Å². The average Bonchev–Trinajstić information content (AvgIpc) is 3.71. The second-order valence-electron chi connectivity index (χ2n) is 17.1. The minimum absolute atomic E-state index is 0.146. The number of nitrogens with zero attached hydrogens (tertiary/aromatic N) is 1. The maximum absolute atomic E-state index is 14.7. The number of rotatable bonds is 13. The molecule has 1 aliphatic heterocycles. The van der Waals surface area contributed by atoms with Crippen LogP contribution >= 0.6 is 11.3 Å². The number of carbonyl (C=O) groups is 1. The fourth-order valence-corrected chi connectivity index (χ4v) is 9.33. The van der Waals surface area contributed by atoms with Crippen molar-refractivity contribution in [1.82, 2.24) is 4.90 Å². The van der Waals surface area contributed by atoms with E-state index in [0.717, 1.165) is 37.0 Å². The quantitative estimate of drug-likeness (QED) is 0.0569. The van der Waals surface area contributed by atoms with E-state index in [-0.39, 0.29) is 21.4 Å². The normalized spacial score (nSPS) is 15.0. The second-order valence-corrected chi connectivity index (χ2v) is 29.1. The summed E-state index contributed by atoms with van der Waals surface area (Å²) in [5.41, 5.74) is -4.38. The highest BCUT2D eigenvalue weighted by Crippen LogP contribution is 2.51. The minimum Gasteiger partial charge on any atom is -0.541 e. The maximum Gasteiger partial charge on any atom is 0.534 e. The Morgan fingerprint density at radius 3 is 1.98 bits per heavy atom. The van der Waals surface area contributed by atoms with Crippen LogP contribution in [-0.2, 0) is 10.1 Å². The Morgan fingerprint density at radius 1 is 0.818 bits per heavy atom. The van der Waals surface area contributed by atoms with Crippen LogP contribution in [0.5, 0.6) is 23.0 Å². The van der Waals surface area contributed by atoms with E-state index in [9.17, 15) is 26.4 Å². The van der Waals surface area contributed by atoms with Gasteiger partial charge < -0.3 is 17.8 Å². The smallest absolute Gasteiger partial charge is 0.534 e. The molecular formula is C40H52F3NO7S2Si2. The number of hydrogen-bond acceptors (Lipinski definition) is 9. The molecule has 0 bridgehead atoms. The second kappa shape index (κ2) is 15.5. The minimum atomic E-state index is -5.93. The van der Waals surface area contributed by atoms with Gasteiger partial charge in [-0.1, -0.05) is 47.6 Å². The molecule has 0 saturated carbocycles. The standard InChI is InChI=1S/C40H52F3NO7S2Si2/c1-38(2,3)54(7,8)50-32-15-13-14-31(36(32)51-55(9,10)39(4,5)6)37-34(30-21-20-29(26-33(30)52-37)49-53(46,47)40(41,42)43)35(45)27-16-18-28(19-17-27)48-25-24-44-22-11-12-23-44/h13-21,26H,11-12,22-25H2,1-10H3. The van der Waals surface area contributed by atoms with E-state index in [1.54, 1.807) is 24.3 Å². The van der Waals surface area contributed by atoms with Crippen molar-refractivity contribution < 1.29 is 44.2 Å². The summed E-state index contributed by atoms with van der Waals surface area (Å²) in [5, 5.41) is 0.0659. The molecule has 0 aliphatic carbocycles. The Labute approximate surface area is 329 Å². The molecular weight excluding hydrogens is 784 g/mol. The lowest BCUT2D eigenvalue weighted by Crippen LogP contribution is -2.45. The van der Waals surface area contributed by atoms with Crippen LogP contribution in [0.15, 0.2) is 60.7 Å². The molecule has 55 heavy (non-hydrogen) atoms. The van der Waals surface area contributed by atoms with Gasteiger partial charge in [0.05, 0.1) is 4.88 Å². The summed E-state index contributed by atoms with van der Waals surface area (Å²) in [5.74, 6) is 0.785. The van der Waals surface area contributed by atoms with Crippen molar-refractivity contribution in [3.8, 4) is 33.4 Å². The van der Waals surface area contributed by atoms with Crippen LogP contribution in [0.4, 0.5) is 13.2 Å². The summed E-state index contributed by atoms with van der Waals surface area (Å²) in [6, 6.07) is 16.2. The van der Waals surface area contributed by atoms with Gasteiger partial charge in [-0.25, -0.2) is 0 Å². The van der Waals surface area contributed by atoms with Crippen molar-refractivity contribution in [1.29, 1.82) is 0 Å². The third-order valence-electron chi connectivity index (χ3n) is 10.9. The number of alkyl halides is 3. The van der Waals surface area contributed by atoms with E-state index in [1.807, 2.05) is 18.2 Å². The predicted octanol–water partition coefficient (Wildman–Crippen LogP) is 11.3. The molecule has 0 N–H and O–H groups in total. The van der Waals surface area contributed by atoms with Gasteiger partial charge in [-0.15, -0.1) is 11.3 Å². The molecule has 1 saturated heterocycles. The van der Waals surface area contributed by atoms with Gasteiger partial charge in [0.15, 0.2) is 11.5 Å². The molecule has 0 unspecified atom stereocenters. The highest BCUT2D eigenvalue weighted by atomic mass is 32.2. The van der Waals surface area contributed by atoms with Crippen LogP contribution in [0.3, 0.4) is 0 Å². The maximum atomic E-state index is 14.7. The highest BCUT2D eigenvalue weighted by molar-refractivity contribution is 7.88. The van der Waals surface area contributed by atoms with Gasteiger partial charge in [-0.2, -0.15) is 21.6 Å². The summed E-state index contributed by atoms with van der Waals surface area (Å²) in [6.45, 7) is 24.8. The van der Waals surface area contributed by atoms with Crippen LogP contribution in [0.1, 0.15) is 70.3 Å². The van der Waals surface area contributed by atoms with Crippen LogP contribution in [0.2, 0.25) is 36.3 Å². The molecule has 1 fully saturated rings. The summed E-state index contributed by atoms with van der Waals surface area (Å²) in [6.07, 6.45) is 2.38. The number of carbonyl (C=O) groups excluding carboxylic acids is 1. The number of halogens is 3. The third-order valence-corrected chi connectivity index (χ3v) is 21.8. The molecule has 2 heterocycles. The summed E-state index contributed by atoms with van der Waals surface area (Å²) in [7, 11) is -10.9. The lowest BCUT2D eigenvalue weighted by molar-refractivity contribution is -0.0500. The van der Waals surface area contributed by atoms with Crippen molar-refractivity contribution in [2.24, 2.45) is 0 Å². The summed E-state index contributed by atoms with van der Waals surface area (Å²) >= 11 is 1.14. The Balaban J connectivity index is 1.67. The number of ether oxygens (including phenoxy) is 1. The third kappa shape index (κ3) is 9.44. The number of benzene rings is 3.